The van der Waals surface area contributed by atoms with E-state index in [1.165, 1.54) is 0 Å². The summed E-state index contributed by atoms with van der Waals surface area (Å²) in [5.41, 5.74) is 1.58. The summed E-state index contributed by atoms with van der Waals surface area (Å²) in [6.45, 7) is 0. The Morgan fingerprint density at radius 3 is 3.20 bits per heavy atom. The second kappa shape index (κ2) is 3.91. The summed E-state index contributed by atoms with van der Waals surface area (Å²) in [5.74, 6) is -0.846. The Balaban J connectivity index is 2.28. The summed E-state index contributed by atoms with van der Waals surface area (Å²) < 4.78 is 1.84. The normalized spacial score (nSPS) is 11.2. The number of rotatable bonds is 3. The number of carbonyl (C=O) groups is 1. The maximum Gasteiger partial charge on any atom is 0.307 e. The summed E-state index contributed by atoms with van der Waals surface area (Å²) in [6.07, 6.45) is 10.1. The van der Waals surface area contributed by atoms with Crippen LogP contribution in [0.25, 0.3) is 11.7 Å². The van der Waals surface area contributed by atoms with Gasteiger partial charge >= 0.3 is 5.97 Å². The third-order valence-corrected chi connectivity index (χ3v) is 1.93. The molecule has 0 radical (unpaired) electrons. The number of fused-ring (bicyclic) bond motifs is 1. The molecule has 2 heterocycles. The molecule has 0 aliphatic carbocycles. The fraction of sp³-hybridized carbons (Fsp3) is 0.100. The highest BCUT2D eigenvalue weighted by atomic mass is 16.4. The highest BCUT2D eigenvalue weighted by Gasteiger charge is 1.98. The van der Waals surface area contributed by atoms with Crippen LogP contribution < -0.4 is 0 Å². The topological polar surface area (TPSA) is 67.5 Å². The molecule has 1 N–H and O–H groups in total. The number of imidazole rings is 1. The molecule has 0 saturated heterocycles. The molecule has 0 atom stereocenters. The number of carboxylic acids is 1. The Morgan fingerprint density at radius 1 is 1.53 bits per heavy atom. The van der Waals surface area contributed by atoms with E-state index < -0.39 is 5.97 Å². The molecule has 2 aromatic rings. The molecule has 0 aliphatic heterocycles. The standard InChI is InChI=1S/C10H9N3O2/c14-10(15)3-1-2-8-6-12-9-7-11-4-5-13(8)9/h1-2,4-7H,3H2,(H,14,15). The van der Waals surface area contributed by atoms with E-state index in [4.69, 9.17) is 5.11 Å². The van der Waals surface area contributed by atoms with Crippen molar-refractivity contribution in [1.29, 1.82) is 0 Å². The quantitative estimate of drug-likeness (QED) is 0.814. The monoisotopic (exact) mass is 203 g/mol. The second-order valence-corrected chi connectivity index (χ2v) is 2.99. The molecule has 0 unspecified atom stereocenters. The van der Waals surface area contributed by atoms with Gasteiger partial charge in [0.2, 0.25) is 0 Å². The Kier molecular flexibility index (Phi) is 2.45. The molecule has 0 bridgehead atoms. The molecule has 5 nitrogen and oxygen atoms in total. The fourth-order valence-corrected chi connectivity index (χ4v) is 1.27. The van der Waals surface area contributed by atoms with Gasteiger partial charge in [-0.25, -0.2) is 4.98 Å². The van der Waals surface area contributed by atoms with Crippen LogP contribution in [0, 0.1) is 0 Å². The molecular weight excluding hydrogens is 194 g/mol. The molecule has 15 heavy (non-hydrogen) atoms. The molecule has 2 rings (SSSR count). The van der Waals surface area contributed by atoms with Gasteiger partial charge in [-0.05, 0) is 6.08 Å². The first-order valence-electron chi connectivity index (χ1n) is 4.43. The van der Waals surface area contributed by atoms with E-state index in [2.05, 4.69) is 9.97 Å². The minimum Gasteiger partial charge on any atom is -0.481 e. The number of aliphatic carboxylic acids is 1. The van der Waals surface area contributed by atoms with E-state index in [0.717, 1.165) is 11.3 Å². The molecule has 2 aromatic heterocycles. The van der Waals surface area contributed by atoms with Gasteiger partial charge in [-0.3, -0.25) is 14.2 Å². The van der Waals surface area contributed by atoms with Crippen LogP contribution in [-0.2, 0) is 4.79 Å². The largest absolute Gasteiger partial charge is 0.481 e. The van der Waals surface area contributed by atoms with Gasteiger partial charge < -0.3 is 5.11 Å². The average molecular weight is 203 g/mol. The van der Waals surface area contributed by atoms with Gasteiger partial charge in [0.05, 0.1) is 24.5 Å². The minimum atomic E-state index is -0.846. The van der Waals surface area contributed by atoms with Crippen LogP contribution in [0.5, 0.6) is 0 Å². The highest BCUT2D eigenvalue weighted by molar-refractivity contribution is 5.70. The van der Waals surface area contributed by atoms with Gasteiger partial charge in [0.15, 0.2) is 5.65 Å². The number of carboxylic acid groups (broad SMARTS) is 1. The maximum atomic E-state index is 10.3. The SMILES string of the molecule is O=C(O)CC=Cc1cnc2cnccn12. The van der Waals surface area contributed by atoms with E-state index in [1.807, 2.05) is 4.40 Å². The maximum absolute atomic E-state index is 10.3. The van der Waals surface area contributed by atoms with Crippen molar-refractivity contribution < 1.29 is 9.90 Å². The van der Waals surface area contributed by atoms with Gasteiger partial charge in [-0.15, -0.1) is 0 Å². The Morgan fingerprint density at radius 2 is 2.40 bits per heavy atom. The van der Waals surface area contributed by atoms with Gasteiger partial charge in [-0.1, -0.05) is 6.08 Å². The molecule has 0 aromatic carbocycles. The molecule has 0 amide bonds. The first-order chi connectivity index (χ1) is 7.27. The lowest BCUT2D eigenvalue weighted by Crippen LogP contribution is -1.90. The van der Waals surface area contributed by atoms with Crippen molar-refractivity contribution in [3.63, 3.8) is 0 Å². The molecule has 0 saturated carbocycles. The van der Waals surface area contributed by atoms with Gasteiger partial charge in [0, 0.05) is 12.4 Å². The lowest BCUT2D eigenvalue weighted by Gasteiger charge is -1.93. The van der Waals surface area contributed by atoms with Crippen molar-refractivity contribution >= 4 is 17.7 Å². The number of hydrogen-bond donors (Lipinski definition) is 1. The Hall–Kier alpha value is -2.17. The third kappa shape index (κ3) is 2.01. The first-order valence-corrected chi connectivity index (χ1v) is 4.43. The van der Waals surface area contributed by atoms with Crippen molar-refractivity contribution in [3.8, 4) is 0 Å². The number of hydrogen-bond acceptors (Lipinski definition) is 3. The van der Waals surface area contributed by atoms with Crippen LogP contribution in [-0.4, -0.2) is 25.4 Å². The zero-order chi connectivity index (χ0) is 10.7. The summed E-state index contributed by atoms with van der Waals surface area (Å²) >= 11 is 0. The predicted octanol–water partition coefficient (Wildman–Crippen LogP) is 1.22. The van der Waals surface area contributed by atoms with Crippen LogP contribution in [0.4, 0.5) is 0 Å². The third-order valence-electron chi connectivity index (χ3n) is 1.93. The van der Waals surface area contributed by atoms with E-state index in [-0.39, 0.29) is 6.42 Å². The van der Waals surface area contributed by atoms with E-state index in [0.29, 0.717) is 0 Å². The van der Waals surface area contributed by atoms with E-state index >= 15 is 0 Å². The molecule has 76 valence electrons. The molecule has 5 heteroatoms. The second-order valence-electron chi connectivity index (χ2n) is 2.99. The lowest BCUT2D eigenvalue weighted by atomic mass is 10.3. The molecule has 0 spiro atoms. The van der Waals surface area contributed by atoms with Crippen molar-refractivity contribution in [3.05, 3.63) is 36.6 Å². The van der Waals surface area contributed by atoms with E-state index in [9.17, 15) is 4.79 Å². The average Bonchev–Trinajstić information content (AvgIpc) is 2.62. The molecule has 0 aliphatic rings. The van der Waals surface area contributed by atoms with Crippen molar-refractivity contribution in [2.24, 2.45) is 0 Å². The summed E-state index contributed by atoms with van der Waals surface area (Å²) in [5, 5.41) is 8.47. The fourth-order valence-electron chi connectivity index (χ4n) is 1.27. The Labute approximate surface area is 85.7 Å². The van der Waals surface area contributed by atoms with E-state index in [1.54, 1.807) is 36.9 Å². The van der Waals surface area contributed by atoms with Gasteiger partial charge in [0.25, 0.3) is 0 Å². The summed E-state index contributed by atoms with van der Waals surface area (Å²) in [7, 11) is 0. The zero-order valence-corrected chi connectivity index (χ0v) is 7.87. The predicted molar refractivity (Wildman–Crippen MR) is 54.3 cm³/mol. The van der Waals surface area contributed by atoms with Gasteiger partial charge in [-0.2, -0.15) is 0 Å². The zero-order valence-electron chi connectivity index (χ0n) is 7.87. The van der Waals surface area contributed by atoms with Crippen LogP contribution in [0.3, 0.4) is 0 Å². The van der Waals surface area contributed by atoms with Crippen molar-refractivity contribution in [1.82, 2.24) is 14.4 Å². The summed E-state index contributed by atoms with van der Waals surface area (Å²) in [4.78, 5) is 18.4. The van der Waals surface area contributed by atoms with Crippen LogP contribution in [0.15, 0.2) is 30.9 Å². The molecular formula is C10H9N3O2. The number of nitrogens with zero attached hydrogens (tertiary/aromatic N) is 3. The summed E-state index contributed by atoms with van der Waals surface area (Å²) in [6, 6.07) is 0. The highest BCUT2D eigenvalue weighted by Crippen LogP contribution is 2.06. The minimum absolute atomic E-state index is 0.0122. The van der Waals surface area contributed by atoms with Crippen LogP contribution in [0.2, 0.25) is 0 Å². The van der Waals surface area contributed by atoms with Crippen LogP contribution >= 0.6 is 0 Å². The lowest BCUT2D eigenvalue weighted by molar-refractivity contribution is -0.135. The van der Waals surface area contributed by atoms with Crippen molar-refractivity contribution in [2.75, 3.05) is 0 Å². The van der Waals surface area contributed by atoms with Crippen LogP contribution in [0.1, 0.15) is 12.1 Å². The smallest absolute Gasteiger partial charge is 0.307 e. The number of aromatic nitrogens is 3. The Bertz CT molecular complexity index is 516. The first kappa shape index (κ1) is 9.39. The van der Waals surface area contributed by atoms with Crippen molar-refractivity contribution in [2.45, 2.75) is 6.42 Å². The molecule has 0 fully saturated rings. The van der Waals surface area contributed by atoms with Gasteiger partial charge in [0.1, 0.15) is 0 Å².